The van der Waals surface area contributed by atoms with E-state index in [-0.39, 0.29) is 12.0 Å². The van der Waals surface area contributed by atoms with Crippen LogP contribution in [0.3, 0.4) is 0 Å². The highest BCUT2D eigenvalue weighted by Crippen LogP contribution is 2.37. The number of rotatable bonds is 3. The second-order valence-corrected chi connectivity index (χ2v) is 6.45. The number of ketones is 1. The summed E-state index contributed by atoms with van der Waals surface area (Å²) < 4.78 is 5.69. The van der Waals surface area contributed by atoms with Gasteiger partial charge in [-0.25, -0.2) is 0 Å². The summed E-state index contributed by atoms with van der Waals surface area (Å²) in [6.45, 7) is 0.714. The van der Waals surface area contributed by atoms with Gasteiger partial charge in [0, 0.05) is 18.4 Å². The highest BCUT2D eigenvalue weighted by Gasteiger charge is 2.30. The van der Waals surface area contributed by atoms with E-state index in [1.165, 1.54) is 18.4 Å². The van der Waals surface area contributed by atoms with Crippen LogP contribution in [0.1, 0.15) is 56.4 Å². The van der Waals surface area contributed by atoms with Crippen molar-refractivity contribution in [2.24, 2.45) is 11.7 Å². The van der Waals surface area contributed by atoms with Crippen LogP contribution in [0.2, 0.25) is 0 Å². The Morgan fingerprint density at radius 2 is 1.95 bits per heavy atom. The Balaban J connectivity index is 1.70. The lowest BCUT2D eigenvalue weighted by molar-refractivity contribution is -0.124. The molecule has 2 N–H and O–H groups in total. The van der Waals surface area contributed by atoms with Crippen molar-refractivity contribution < 1.29 is 9.53 Å². The third kappa shape index (κ3) is 3.29. The molecule has 0 radical (unpaired) electrons. The van der Waals surface area contributed by atoms with Crippen LogP contribution in [0.15, 0.2) is 24.3 Å². The van der Waals surface area contributed by atoms with Crippen molar-refractivity contribution in [2.75, 3.05) is 6.61 Å². The van der Waals surface area contributed by atoms with Gasteiger partial charge in [0.2, 0.25) is 0 Å². The van der Waals surface area contributed by atoms with Crippen molar-refractivity contribution in [3.8, 4) is 5.75 Å². The number of Topliss-reactive ketones (excluding diaryl/α,β-unsaturated/α-hetero) is 1. The van der Waals surface area contributed by atoms with E-state index in [1.807, 2.05) is 18.2 Å². The highest BCUT2D eigenvalue weighted by atomic mass is 16.5. The molecule has 21 heavy (non-hydrogen) atoms. The summed E-state index contributed by atoms with van der Waals surface area (Å²) in [6.07, 6.45) is 7.08. The monoisotopic (exact) mass is 287 g/mol. The quantitative estimate of drug-likeness (QED) is 0.867. The number of hydrogen-bond donors (Lipinski definition) is 1. The van der Waals surface area contributed by atoms with E-state index in [4.69, 9.17) is 10.5 Å². The summed E-state index contributed by atoms with van der Waals surface area (Å²) in [6, 6.07) is 8.19. The van der Waals surface area contributed by atoms with Gasteiger partial charge in [0.15, 0.2) is 0 Å². The average Bonchev–Trinajstić information content (AvgIpc) is 2.72. The second-order valence-electron chi connectivity index (χ2n) is 6.45. The molecule has 3 heteroatoms. The summed E-state index contributed by atoms with van der Waals surface area (Å²) in [7, 11) is 0. The lowest BCUT2D eigenvalue weighted by Crippen LogP contribution is -2.35. The minimum Gasteiger partial charge on any atom is -0.493 e. The molecule has 3 atom stereocenters. The molecule has 114 valence electrons. The first-order chi connectivity index (χ1) is 10.3. The third-order valence-corrected chi connectivity index (χ3v) is 5.01. The lowest BCUT2D eigenvalue weighted by atomic mass is 9.82. The Kier molecular flexibility index (Phi) is 4.59. The van der Waals surface area contributed by atoms with Gasteiger partial charge < -0.3 is 10.5 Å². The molecule has 0 spiro atoms. The number of carbonyl (C=O) groups excluding carboxylic acids is 1. The fraction of sp³-hybridized carbons (Fsp3) is 0.611. The predicted molar refractivity (Wildman–Crippen MR) is 83.5 cm³/mol. The van der Waals surface area contributed by atoms with Crippen molar-refractivity contribution in [3.63, 3.8) is 0 Å². The van der Waals surface area contributed by atoms with Crippen molar-refractivity contribution in [1.82, 2.24) is 0 Å². The standard InChI is InChI=1S/C18H25NO2/c19-16-8-3-1-2-7-15(16)17(20)12-13-10-11-21-18-9-5-4-6-14(13)18/h4-6,9,13,15-16H,1-3,7-8,10-12,19H2. The maximum Gasteiger partial charge on any atom is 0.138 e. The Bertz CT molecular complexity index is 500. The van der Waals surface area contributed by atoms with Crippen molar-refractivity contribution in [1.29, 1.82) is 0 Å². The van der Waals surface area contributed by atoms with Gasteiger partial charge in [0.05, 0.1) is 6.61 Å². The smallest absolute Gasteiger partial charge is 0.138 e. The third-order valence-electron chi connectivity index (χ3n) is 5.01. The first-order valence-corrected chi connectivity index (χ1v) is 8.25. The van der Waals surface area contributed by atoms with E-state index in [9.17, 15) is 4.79 Å². The first-order valence-electron chi connectivity index (χ1n) is 8.25. The Hall–Kier alpha value is -1.35. The zero-order chi connectivity index (χ0) is 14.7. The maximum absolute atomic E-state index is 12.7. The number of nitrogens with two attached hydrogens (primary N) is 1. The van der Waals surface area contributed by atoms with Crippen LogP contribution < -0.4 is 10.5 Å². The molecule has 1 saturated carbocycles. The molecule has 0 saturated heterocycles. The van der Waals surface area contributed by atoms with E-state index >= 15 is 0 Å². The van der Waals surface area contributed by atoms with Gasteiger partial charge in [-0.1, -0.05) is 37.5 Å². The summed E-state index contributed by atoms with van der Waals surface area (Å²) in [5.74, 6) is 1.69. The van der Waals surface area contributed by atoms with Gasteiger partial charge in [0.25, 0.3) is 0 Å². The van der Waals surface area contributed by atoms with Crippen LogP contribution >= 0.6 is 0 Å². The number of ether oxygens (including phenoxy) is 1. The predicted octanol–water partition coefficient (Wildman–Crippen LogP) is 3.42. The van der Waals surface area contributed by atoms with Crippen molar-refractivity contribution >= 4 is 5.78 Å². The number of fused-ring (bicyclic) bond motifs is 1. The Morgan fingerprint density at radius 3 is 2.86 bits per heavy atom. The van der Waals surface area contributed by atoms with Crippen LogP contribution in [0, 0.1) is 5.92 Å². The summed E-state index contributed by atoms with van der Waals surface area (Å²) in [5.41, 5.74) is 7.43. The zero-order valence-electron chi connectivity index (χ0n) is 12.6. The van der Waals surface area contributed by atoms with Gasteiger partial charge in [-0.3, -0.25) is 4.79 Å². The topological polar surface area (TPSA) is 52.3 Å². The summed E-state index contributed by atoms with van der Waals surface area (Å²) >= 11 is 0. The molecule has 1 aromatic rings. The van der Waals surface area contributed by atoms with Gasteiger partial charge >= 0.3 is 0 Å². The number of para-hydroxylation sites is 1. The van der Waals surface area contributed by atoms with E-state index < -0.39 is 0 Å². The van der Waals surface area contributed by atoms with E-state index in [2.05, 4.69) is 6.07 Å². The lowest BCUT2D eigenvalue weighted by Gasteiger charge is -2.27. The van der Waals surface area contributed by atoms with Gasteiger partial charge in [-0.05, 0) is 36.8 Å². The molecule has 1 aliphatic carbocycles. The molecule has 1 aromatic carbocycles. The van der Waals surface area contributed by atoms with E-state index in [0.717, 1.165) is 31.4 Å². The fourth-order valence-electron chi connectivity index (χ4n) is 3.76. The molecule has 0 bridgehead atoms. The highest BCUT2D eigenvalue weighted by molar-refractivity contribution is 5.82. The Labute approximate surface area is 126 Å². The molecule has 1 fully saturated rings. The van der Waals surface area contributed by atoms with Crippen LogP contribution in [-0.2, 0) is 4.79 Å². The molecule has 3 nitrogen and oxygen atoms in total. The molecule has 1 aliphatic heterocycles. The molecule has 3 unspecified atom stereocenters. The van der Waals surface area contributed by atoms with Crippen LogP contribution in [0.4, 0.5) is 0 Å². The van der Waals surface area contributed by atoms with Crippen molar-refractivity contribution in [2.45, 2.75) is 56.9 Å². The molecule has 0 amide bonds. The van der Waals surface area contributed by atoms with Crippen LogP contribution in [0.5, 0.6) is 5.75 Å². The van der Waals surface area contributed by atoms with Crippen LogP contribution in [0.25, 0.3) is 0 Å². The molecular weight excluding hydrogens is 262 g/mol. The molecule has 0 aromatic heterocycles. The van der Waals surface area contributed by atoms with Crippen molar-refractivity contribution in [3.05, 3.63) is 29.8 Å². The minimum absolute atomic E-state index is 0.0649. The van der Waals surface area contributed by atoms with Crippen LogP contribution in [-0.4, -0.2) is 18.4 Å². The molecule has 3 rings (SSSR count). The number of hydrogen-bond acceptors (Lipinski definition) is 3. The van der Waals surface area contributed by atoms with Gasteiger partial charge in [-0.2, -0.15) is 0 Å². The molecule has 2 aliphatic rings. The first kappa shape index (κ1) is 14.6. The SMILES string of the molecule is NC1CCCCCC1C(=O)CC1CCOc2ccccc21. The summed E-state index contributed by atoms with van der Waals surface area (Å²) in [5, 5.41) is 0. The fourth-order valence-corrected chi connectivity index (χ4v) is 3.76. The number of carbonyl (C=O) groups is 1. The zero-order valence-corrected chi connectivity index (χ0v) is 12.6. The maximum atomic E-state index is 12.7. The minimum atomic E-state index is 0.0649. The van der Waals surface area contributed by atoms with E-state index in [0.29, 0.717) is 24.7 Å². The number of benzene rings is 1. The average molecular weight is 287 g/mol. The molecular formula is C18H25NO2. The second kappa shape index (κ2) is 6.61. The van der Waals surface area contributed by atoms with Gasteiger partial charge in [-0.15, -0.1) is 0 Å². The molecule has 1 heterocycles. The van der Waals surface area contributed by atoms with E-state index in [1.54, 1.807) is 0 Å². The van der Waals surface area contributed by atoms with Gasteiger partial charge in [0.1, 0.15) is 11.5 Å². The largest absolute Gasteiger partial charge is 0.493 e. The Morgan fingerprint density at radius 1 is 1.14 bits per heavy atom. The normalized spacial score (nSPS) is 29.1. The summed E-state index contributed by atoms with van der Waals surface area (Å²) in [4.78, 5) is 12.7.